The molecule has 1 atom stereocenters. The third kappa shape index (κ3) is 2.91. The number of halogens is 1. The molecule has 1 aliphatic rings. The van der Waals surface area contributed by atoms with Crippen LogP contribution in [0.3, 0.4) is 0 Å². The molecular formula is C14H20FNOS. The predicted molar refractivity (Wildman–Crippen MR) is 73.3 cm³/mol. The van der Waals surface area contributed by atoms with Crippen molar-refractivity contribution >= 4 is 16.5 Å². The van der Waals surface area contributed by atoms with Crippen molar-refractivity contribution in [3.8, 4) is 0 Å². The van der Waals surface area contributed by atoms with Gasteiger partial charge in [0.05, 0.1) is 15.7 Å². The standard InChI is InChI=1S/C14H20FNOS/c1-2-10-3-6-12(7-4-10)18(17)14-8-5-11(16)9-13(14)15/h5,8-10,12H,2-4,6-7,16H2,1H3. The van der Waals surface area contributed by atoms with E-state index >= 15 is 0 Å². The monoisotopic (exact) mass is 269 g/mol. The summed E-state index contributed by atoms with van der Waals surface area (Å²) in [5.41, 5.74) is 5.88. The topological polar surface area (TPSA) is 43.1 Å². The van der Waals surface area contributed by atoms with E-state index in [0.717, 1.165) is 31.6 Å². The second kappa shape index (κ2) is 5.83. The van der Waals surface area contributed by atoms with E-state index in [4.69, 9.17) is 5.73 Å². The molecule has 100 valence electrons. The molecule has 1 aliphatic carbocycles. The molecule has 2 nitrogen and oxygen atoms in total. The molecule has 0 saturated heterocycles. The highest BCUT2D eigenvalue weighted by Crippen LogP contribution is 2.32. The van der Waals surface area contributed by atoms with Crippen LogP contribution in [-0.4, -0.2) is 9.46 Å². The van der Waals surface area contributed by atoms with E-state index in [0.29, 0.717) is 10.6 Å². The molecule has 0 spiro atoms. The normalized spacial score (nSPS) is 25.9. The molecule has 1 aromatic rings. The van der Waals surface area contributed by atoms with Gasteiger partial charge in [0.1, 0.15) is 5.82 Å². The summed E-state index contributed by atoms with van der Waals surface area (Å²) < 4.78 is 26.1. The van der Waals surface area contributed by atoms with Crippen molar-refractivity contribution < 1.29 is 8.60 Å². The Hall–Kier alpha value is -0.900. The maximum absolute atomic E-state index is 13.7. The first kappa shape index (κ1) is 13.5. The third-order valence-electron chi connectivity index (χ3n) is 3.85. The van der Waals surface area contributed by atoms with Crippen molar-refractivity contribution in [2.75, 3.05) is 5.73 Å². The van der Waals surface area contributed by atoms with E-state index in [-0.39, 0.29) is 5.25 Å². The zero-order chi connectivity index (χ0) is 13.1. The van der Waals surface area contributed by atoms with Gasteiger partial charge < -0.3 is 5.73 Å². The number of nitrogen functional groups attached to an aromatic ring is 1. The van der Waals surface area contributed by atoms with Crippen LogP contribution in [-0.2, 0) is 10.8 Å². The highest BCUT2D eigenvalue weighted by molar-refractivity contribution is 7.85. The second-order valence-electron chi connectivity index (χ2n) is 5.04. The van der Waals surface area contributed by atoms with E-state index in [1.54, 1.807) is 12.1 Å². The molecule has 0 aromatic heterocycles. The van der Waals surface area contributed by atoms with Crippen LogP contribution in [0.15, 0.2) is 23.1 Å². The van der Waals surface area contributed by atoms with E-state index in [2.05, 4.69) is 6.92 Å². The Morgan fingerprint density at radius 3 is 2.56 bits per heavy atom. The van der Waals surface area contributed by atoms with Crippen molar-refractivity contribution in [1.29, 1.82) is 0 Å². The Balaban J connectivity index is 2.08. The van der Waals surface area contributed by atoms with Crippen LogP contribution in [0.25, 0.3) is 0 Å². The number of benzene rings is 1. The van der Waals surface area contributed by atoms with Crippen LogP contribution in [0.1, 0.15) is 39.0 Å². The van der Waals surface area contributed by atoms with Crippen LogP contribution in [0.4, 0.5) is 10.1 Å². The Bertz CT molecular complexity index is 441. The summed E-state index contributed by atoms with van der Waals surface area (Å²) in [6.45, 7) is 2.20. The first-order valence-electron chi connectivity index (χ1n) is 6.57. The smallest absolute Gasteiger partial charge is 0.141 e. The van der Waals surface area contributed by atoms with Gasteiger partial charge in [0, 0.05) is 10.9 Å². The molecule has 18 heavy (non-hydrogen) atoms. The van der Waals surface area contributed by atoms with Crippen LogP contribution in [0.5, 0.6) is 0 Å². The number of hydrogen-bond donors (Lipinski definition) is 1. The van der Waals surface area contributed by atoms with Crippen LogP contribution >= 0.6 is 0 Å². The fourth-order valence-corrected chi connectivity index (χ4v) is 4.13. The molecule has 2 rings (SSSR count). The Labute approximate surface area is 110 Å². The van der Waals surface area contributed by atoms with Crippen molar-refractivity contribution in [3.05, 3.63) is 24.0 Å². The zero-order valence-corrected chi connectivity index (χ0v) is 11.5. The summed E-state index contributed by atoms with van der Waals surface area (Å²) >= 11 is 0. The Morgan fingerprint density at radius 2 is 2.00 bits per heavy atom. The fourth-order valence-electron chi connectivity index (χ4n) is 2.61. The predicted octanol–water partition coefficient (Wildman–Crippen LogP) is 3.48. The molecule has 2 N–H and O–H groups in total. The van der Waals surface area contributed by atoms with Gasteiger partial charge in [-0.2, -0.15) is 0 Å². The minimum absolute atomic E-state index is 0.103. The molecule has 1 saturated carbocycles. The quantitative estimate of drug-likeness (QED) is 0.854. The molecule has 1 fully saturated rings. The summed E-state index contributed by atoms with van der Waals surface area (Å²) in [4.78, 5) is 0.309. The lowest BCUT2D eigenvalue weighted by molar-refractivity contribution is 0.353. The summed E-state index contributed by atoms with van der Waals surface area (Å²) in [5.74, 6) is 0.320. The second-order valence-corrected chi connectivity index (χ2v) is 6.74. The number of rotatable bonds is 3. The van der Waals surface area contributed by atoms with E-state index in [1.807, 2.05) is 0 Å². The van der Waals surface area contributed by atoms with E-state index in [1.165, 1.54) is 12.5 Å². The molecule has 0 heterocycles. The third-order valence-corrected chi connectivity index (χ3v) is 5.69. The van der Waals surface area contributed by atoms with Crippen LogP contribution in [0, 0.1) is 11.7 Å². The van der Waals surface area contributed by atoms with Gasteiger partial charge in [-0.1, -0.05) is 13.3 Å². The van der Waals surface area contributed by atoms with Crippen LogP contribution < -0.4 is 5.73 Å². The lowest BCUT2D eigenvalue weighted by Crippen LogP contribution is -2.23. The molecule has 4 heteroatoms. The van der Waals surface area contributed by atoms with Gasteiger partial charge in [-0.15, -0.1) is 0 Å². The maximum Gasteiger partial charge on any atom is 0.141 e. The fraction of sp³-hybridized carbons (Fsp3) is 0.571. The van der Waals surface area contributed by atoms with Gasteiger partial charge in [-0.3, -0.25) is 4.21 Å². The van der Waals surface area contributed by atoms with Crippen molar-refractivity contribution in [3.63, 3.8) is 0 Å². The van der Waals surface area contributed by atoms with E-state index < -0.39 is 16.6 Å². The average Bonchev–Trinajstić information content (AvgIpc) is 2.38. The van der Waals surface area contributed by atoms with Gasteiger partial charge in [-0.25, -0.2) is 4.39 Å². The number of anilines is 1. The summed E-state index contributed by atoms with van der Waals surface area (Å²) in [7, 11) is -1.24. The minimum Gasteiger partial charge on any atom is -0.399 e. The first-order chi connectivity index (χ1) is 8.61. The maximum atomic E-state index is 13.7. The first-order valence-corrected chi connectivity index (χ1v) is 7.78. The Morgan fingerprint density at radius 1 is 1.33 bits per heavy atom. The lowest BCUT2D eigenvalue weighted by Gasteiger charge is -2.27. The molecular weight excluding hydrogens is 249 g/mol. The molecule has 0 radical (unpaired) electrons. The van der Waals surface area contributed by atoms with Gasteiger partial charge >= 0.3 is 0 Å². The average molecular weight is 269 g/mol. The number of hydrogen-bond acceptors (Lipinski definition) is 2. The largest absolute Gasteiger partial charge is 0.399 e. The molecule has 0 amide bonds. The lowest BCUT2D eigenvalue weighted by atomic mass is 9.87. The van der Waals surface area contributed by atoms with Gasteiger partial charge in [-0.05, 0) is 49.8 Å². The minimum atomic E-state index is -1.24. The van der Waals surface area contributed by atoms with Gasteiger partial charge in [0.25, 0.3) is 0 Å². The SMILES string of the molecule is CCC1CCC(S(=O)c2ccc(N)cc2F)CC1. The summed E-state index contributed by atoms with van der Waals surface area (Å²) in [6, 6.07) is 4.44. The van der Waals surface area contributed by atoms with Gasteiger partial charge in [0.2, 0.25) is 0 Å². The van der Waals surface area contributed by atoms with E-state index in [9.17, 15) is 8.60 Å². The Kier molecular flexibility index (Phi) is 4.38. The molecule has 1 unspecified atom stereocenters. The summed E-state index contributed by atoms with van der Waals surface area (Å²) in [5, 5.41) is 0.103. The zero-order valence-electron chi connectivity index (χ0n) is 10.7. The summed E-state index contributed by atoms with van der Waals surface area (Å²) in [6.07, 6.45) is 5.30. The number of nitrogens with two attached hydrogens (primary N) is 1. The van der Waals surface area contributed by atoms with Gasteiger partial charge in [0.15, 0.2) is 0 Å². The van der Waals surface area contributed by atoms with Crippen molar-refractivity contribution in [2.45, 2.75) is 49.2 Å². The molecule has 1 aromatic carbocycles. The highest BCUT2D eigenvalue weighted by atomic mass is 32.2. The molecule has 0 bridgehead atoms. The van der Waals surface area contributed by atoms with Crippen LogP contribution in [0.2, 0.25) is 0 Å². The van der Waals surface area contributed by atoms with Crippen molar-refractivity contribution in [2.24, 2.45) is 5.92 Å². The molecule has 0 aliphatic heterocycles. The highest BCUT2D eigenvalue weighted by Gasteiger charge is 2.26. The van der Waals surface area contributed by atoms with Crippen molar-refractivity contribution in [1.82, 2.24) is 0 Å².